The molecule has 1 heterocycles. The third-order valence-electron chi connectivity index (χ3n) is 3.55. The maximum Gasteiger partial charge on any atom is 0.126 e. The van der Waals surface area contributed by atoms with Crippen molar-refractivity contribution in [3.05, 3.63) is 23.4 Å². The zero-order valence-corrected chi connectivity index (χ0v) is 12.9. The first-order chi connectivity index (χ1) is 9.23. The van der Waals surface area contributed by atoms with Crippen molar-refractivity contribution < 1.29 is 0 Å². The van der Waals surface area contributed by atoms with Gasteiger partial charge in [0.05, 0.1) is 0 Å². The summed E-state index contributed by atoms with van der Waals surface area (Å²) in [5.74, 6) is 1.77. The van der Waals surface area contributed by atoms with Gasteiger partial charge in [0.25, 0.3) is 0 Å². The topological polar surface area (TPSA) is 37.0 Å². The predicted octanol–water partition coefficient (Wildman–Crippen LogP) is 3.60. The van der Waals surface area contributed by atoms with E-state index in [0.29, 0.717) is 0 Å². The average Bonchev–Trinajstić information content (AvgIpc) is 2.40. The maximum atomic E-state index is 4.71. The Morgan fingerprint density at radius 1 is 1.16 bits per heavy atom. The molecule has 0 unspecified atom stereocenters. The van der Waals surface area contributed by atoms with Crippen LogP contribution in [0.25, 0.3) is 0 Å². The van der Waals surface area contributed by atoms with Crippen LogP contribution < -0.4 is 10.6 Å². The zero-order chi connectivity index (χ0) is 14.1. The highest BCUT2D eigenvalue weighted by Crippen LogP contribution is 2.14. The summed E-state index contributed by atoms with van der Waals surface area (Å²) in [7, 11) is 1.98. The van der Waals surface area contributed by atoms with Gasteiger partial charge in [-0.25, -0.2) is 4.98 Å². The molecule has 0 atom stereocenters. The van der Waals surface area contributed by atoms with Crippen LogP contribution in [0.1, 0.15) is 51.3 Å². The molecular formula is C16H29N3. The molecule has 0 amide bonds. The Kier molecular flexibility index (Phi) is 7.49. The van der Waals surface area contributed by atoms with E-state index in [-0.39, 0.29) is 0 Å². The van der Waals surface area contributed by atoms with E-state index in [1.165, 1.54) is 24.1 Å². The standard InChI is InChI=1S/C16H29N3/c1-5-8-15-9-14(11-17-4)10-16(19-15)18-12-13(6-2)7-3/h9-10,13,17H,5-8,11-12H2,1-4H3,(H,18,19). The Bertz CT molecular complexity index is 335. The molecular weight excluding hydrogens is 234 g/mol. The third-order valence-corrected chi connectivity index (χ3v) is 3.55. The zero-order valence-electron chi connectivity index (χ0n) is 12.9. The van der Waals surface area contributed by atoms with Gasteiger partial charge >= 0.3 is 0 Å². The fraction of sp³-hybridized carbons (Fsp3) is 0.688. The number of nitrogens with zero attached hydrogens (tertiary/aromatic N) is 1. The van der Waals surface area contributed by atoms with Crippen LogP contribution in [-0.4, -0.2) is 18.6 Å². The molecule has 0 spiro atoms. The monoisotopic (exact) mass is 263 g/mol. The summed E-state index contributed by atoms with van der Waals surface area (Å²) in [5, 5.41) is 6.72. The van der Waals surface area contributed by atoms with Crippen LogP contribution in [-0.2, 0) is 13.0 Å². The summed E-state index contributed by atoms with van der Waals surface area (Å²) in [6, 6.07) is 4.38. The van der Waals surface area contributed by atoms with E-state index < -0.39 is 0 Å². The summed E-state index contributed by atoms with van der Waals surface area (Å²) in [6.45, 7) is 8.63. The molecule has 0 fully saturated rings. The van der Waals surface area contributed by atoms with Gasteiger partial charge < -0.3 is 10.6 Å². The molecule has 19 heavy (non-hydrogen) atoms. The van der Waals surface area contributed by atoms with Gasteiger partial charge in [-0.3, -0.25) is 0 Å². The molecule has 0 aliphatic rings. The molecule has 3 nitrogen and oxygen atoms in total. The second-order valence-corrected chi connectivity index (χ2v) is 5.20. The van der Waals surface area contributed by atoms with E-state index in [9.17, 15) is 0 Å². The second kappa shape index (κ2) is 8.92. The first kappa shape index (κ1) is 16.0. The van der Waals surface area contributed by atoms with Crippen LogP contribution in [0.4, 0.5) is 5.82 Å². The second-order valence-electron chi connectivity index (χ2n) is 5.20. The highest BCUT2D eigenvalue weighted by molar-refractivity contribution is 5.40. The number of hydrogen-bond donors (Lipinski definition) is 2. The number of anilines is 1. The molecule has 0 saturated heterocycles. The van der Waals surface area contributed by atoms with E-state index in [1.54, 1.807) is 0 Å². The highest BCUT2D eigenvalue weighted by atomic mass is 15.0. The fourth-order valence-electron chi connectivity index (χ4n) is 2.26. The molecule has 0 aliphatic heterocycles. The van der Waals surface area contributed by atoms with Crippen molar-refractivity contribution in [1.29, 1.82) is 0 Å². The van der Waals surface area contributed by atoms with Crippen molar-refractivity contribution in [2.45, 2.75) is 53.0 Å². The van der Waals surface area contributed by atoms with Gasteiger partial charge in [-0.15, -0.1) is 0 Å². The summed E-state index contributed by atoms with van der Waals surface area (Å²) in [4.78, 5) is 4.71. The molecule has 3 heteroatoms. The van der Waals surface area contributed by atoms with Gasteiger partial charge in [-0.1, -0.05) is 40.0 Å². The molecule has 1 aromatic heterocycles. The minimum Gasteiger partial charge on any atom is -0.370 e. The molecule has 0 aliphatic carbocycles. The van der Waals surface area contributed by atoms with Crippen molar-refractivity contribution in [1.82, 2.24) is 10.3 Å². The summed E-state index contributed by atoms with van der Waals surface area (Å²) in [5.41, 5.74) is 2.51. The Balaban J connectivity index is 2.74. The van der Waals surface area contributed by atoms with Crippen LogP contribution in [0.15, 0.2) is 12.1 Å². The lowest BCUT2D eigenvalue weighted by Gasteiger charge is -2.15. The maximum absolute atomic E-state index is 4.71. The first-order valence-electron chi connectivity index (χ1n) is 7.61. The molecule has 1 aromatic rings. The smallest absolute Gasteiger partial charge is 0.126 e. The first-order valence-corrected chi connectivity index (χ1v) is 7.61. The molecule has 0 bridgehead atoms. The van der Waals surface area contributed by atoms with Crippen LogP contribution >= 0.6 is 0 Å². The molecule has 0 aromatic carbocycles. The molecule has 108 valence electrons. The number of aryl methyl sites for hydroxylation is 1. The van der Waals surface area contributed by atoms with Gasteiger partial charge in [0.1, 0.15) is 5.82 Å². The summed E-state index contributed by atoms with van der Waals surface area (Å²) in [6.07, 6.45) is 4.64. The number of nitrogens with one attached hydrogen (secondary N) is 2. The Morgan fingerprint density at radius 3 is 2.47 bits per heavy atom. The number of hydrogen-bond acceptors (Lipinski definition) is 3. The molecule has 0 radical (unpaired) electrons. The van der Waals surface area contributed by atoms with Crippen molar-refractivity contribution in [3.63, 3.8) is 0 Å². The van der Waals surface area contributed by atoms with E-state index in [0.717, 1.165) is 37.7 Å². The highest BCUT2D eigenvalue weighted by Gasteiger charge is 2.06. The lowest BCUT2D eigenvalue weighted by atomic mass is 10.0. The normalized spacial score (nSPS) is 11.0. The molecule has 2 N–H and O–H groups in total. The molecule has 0 saturated carbocycles. The van der Waals surface area contributed by atoms with Crippen molar-refractivity contribution >= 4 is 5.82 Å². The quantitative estimate of drug-likeness (QED) is 0.715. The van der Waals surface area contributed by atoms with Crippen LogP contribution in [0, 0.1) is 5.92 Å². The summed E-state index contributed by atoms with van der Waals surface area (Å²) >= 11 is 0. The SMILES string of the molecule is CCCc1cc(CNC)cc(NCC(CC)CC)n1. The fourth-order valence-corrected chi connectivity index (χ4v) is 2.26. The van der Waals surface area contributed by atoms with Gasteiger partial charge in [0, 0.05) is 18.8 Å². The lowest BCUT2D eigenvalue weighted by molar-refractivity contribution is 0.518. The van der Waals surface area contributed by atoms with Gasteiger partial charge in [0.15, 0.2) is 0 Å². The van der Waals surface area contributed by atoms with Crippen molar-refractivity contribution in [2.75, 3.05) is 18.9 Å². The minimum atomic E-state index is 0.740. The van der Waals surface area contributed by atoms with Gasteiger partial charge in [-0.05, 0) is 37.1 Å². The summed E-state index contributed by atoms with van der Waals surface area (Å²) < 4.78 is 0. The van der Waals surface area contributed by atoms with Gasteiger partial charge in [-0.2, -0.15) is 0 Å². The van der Waals surface area contributed by atoms with Crippen molar-refractivity contribution in [2.24, 2.45) is 5.92 Å². The van der Waals surface area contributed by atoms with Crippen LogP contribution in [0.3, 0.4) is 0 Å². The number of pyridine rings is 1. The minimum absolute atomic E-state index is 0.740. The van der Waals surface area contributed by atoms with E-state index in [4.69, 9.17) is 4.98 Å². The van der Waals surface area contributed by atoms with Gasteiger partial charge in [0.2, 0.25) is 0 Å². The van der Waals surface area contributed by atoms with Crippen LogP contribution in [0.2, 0.25) is 0 Å². The largest absolute Gasteiger partial charge is 0.370 e. The van der Waals surface area contributed by atoms with Crippen LogP contribution in [0.5, 0.6) is 0 Å². The van der Waals surface area contributed by atoms with E-state index in [2.05, 4.69) is 43.5 Å². The average molecular weight is 263 g/mol. The lowest BCUT2D eigenvalue weighted by Crippen LogP contribution is -2.15. The third kappa shape index (κ3) is 5.60. The number of aromatic nitrogens is 1. The Hall–Kier alpha value is -1.09. The van der Waals surface area contributed by atoms with Crippen molar-refractivity contribution in [3.8, 4) is 0 Å². The van der Waals surface area contributed by atoms with E-state index >= 15 is 0 Å². The van der Waals surface area contributed by atoms with E-state index in [1.807, 2.05) is 7.05 Å². The Labute approximate surface area is 118 Å². The molecule has 1 rings (SSSR count). The predicted molar refractivity (Wildman–Crippen MR) is 83.6 cm³/mol. The number of rotatable bonds is 9. The Morgan fingerprint density at radius 2 is 1.89 bits per heavy atom.